The van der Waals surface area contributed by atoms with Gasteiger partial charge < -0.3 is 14.7 Å². The molecule has 2 unspecified atom stereocenters. The Morgan fingerprint density at radius 2 is 2.18 bits per heavy atom. The number of aliphatic hydroxyl groups is 1. The summed E-state index contributed by atoms with van der Waals surface area (Å²) in [5.41, 5.74) is 1.98. The predicted octanol–water partition coefficient (Wildman–Crippen LogP) is 2.16. The van der Waals surface area contributed by atoms with Crippen LogP contribution in [0.15, 0.2) is 29.4 Å². The first-order chi connectivity index (χ1) is 10.6. The van der Waals surface area contributed by atoms with Gasteiger partial charge in [-0.3, -0.25) is 4.90 Å². The van der Waals surface area contributed by atoms with E-state index in [9.17, 15) is 5.11 Å². The molecule has 0 saturated carbocycles. The molecule has 0 spiro atoms. The summed E-state index contributed by atoms with van der Waals surface area (Å²) in [7, 11) is 1.59. The van der Waals surface area contributed by atoms with Gasteiger partial charge in [-0.1, -0.05) is 35.8 Å². The summed E-state index contributed by atoms with van der Waals surface area (Å²) in [5.74, 6) is 0. The van der Waals surface area contributed by atoms with Crippen molar-refractivity contribution in [2.45, 2.75) is 25.6 Å². The van der Waals surface area contributed by atoms with Crippen molar-refractivity contribution in [2.24, 2.45) is 5.16 Å². The van der Waals surface area contributed by atoms with Crippen LogP contribution < -0.4 is 0 Å². The number of oxime groups is 1. The fourth-order valence-electron chi connectivity index (χ4n) is 2.50. The van der Waals surface area contributed by atoms with E-state index < -0.39 is 6.10 Å². The molecule has 1 aromatic rings. The molecule has 0 aromatic heterocycles. The lowest BCUT2D eigenvalue weighted by molar-refractivity contribution is 0.0134. The molecule has 2 rings (SSSR count). The molecule has 0 aliphatic carbocycles. The average Bonchev–Trinajstić information content (AvgIpc) is 2.96. The van der Waals surface area contributed by atoms with E-state index in [1.165, 1.54) is 0 Å². The third-order valence-electron chi connectivity index (χ3n) is 3.65. The van der Waals surface area contributed by atoms with Crippen LogP contribution in [0.1, 0.15) is 18.9 Å². The lowest BCUT2D eigenvalue weighted by Crippen LogP contribution is -2.39. The average molecular weight is 327 g/mol. The highest BCUT2D eigenvalue weighted by molar-refractivity contribution is 6.30. The topological polar surface area (TPSA) is 54.3 Å². The second kappa shape index (κ2) is 8.48. The number of hydrogen-bond acceptors (Lipinski definition) is 5. The lowest BCUT2D eigenvalue weighted by atomic mass is 10.0. The van der Waals surface area contributed by atoms with Gasteiger partial charge in [0, 0.05) is 31.6 Å². The fourth-order valence-corrected chi connectivity index (χ4v) is 2.63. The number of ether oxygens (including phenoxy) is 1. The molecule has 0 amide bonds. The molecule has 0 bridgehead atoms. The Bertz CT molecular complexity index is 493. The van der Waals surface area contributed by atoms with E-state index in [0.29, 0.717) is 18.2 Å². The molecule has 0 fully saturated rings. The van der Waals surface area contributed by atoms with Crippen molar-refractivity contribution < 1.29 is 14.7 Å². The van der Waals surface area contributed by atoms with Crippen LogP contribution in [0.3, 0.4) is 0 Å². The van der Waals surface area contributed by atoms with E-state index >= 15 is 0 Å². The quantitative estimate of drug-likeness (QED) is 0.795. The van der Waals surface area contributed by atoms with Crippen molar-refractivity contribution >= 4 is 17.3 Å². The molecule has 0 saturated heterocycles. The number of halogens is 1. The fraction of sp³-hybridized carbons (Fsp3) is 0.562. The third-order valence-corrected chi connectivity index (χ3v) is 3.90. The Labute approximate surface area is 136 Å². The molecule has 0 radical (unpaired) electrons. The van der Waals surface area contributed by atoms with Gasteiger partial charge in [-0.05, 0) is 24.2 Å². The van der Waals surface area contributed by atoms with Crippen LogP contribution in [0, 0.1) is 0 Å². The zero-order chi connectivity index (χ0) is 15.9. The van der Waals surface area contributed by atoms with Gasteiger partial charge >= 0.3 is 0 Å². The molecule has 1 aromatic carbocycles. The van der Waals surface area contributed by atoms with Gasteiger partial charge in [0.2, 0.25) is 0 Å². The van der Waals surface area contributed by atoms with Crippen LogP contribution in [0.4, 0.5) is 0 Å². The molecule has 22 heavy (non-hydrogen) atoms. The molecule has 1 heterocycles. The molecule has 2 atom stereocenters. The maximum absolute atomic E-state index is 9.83. The van der Waals surface area contributed by atoms with E-state index in [1.54, 1.807) is 7.11 Å². The van der Waals surface area contributed by atoms with Gasteiger partial charge in [-0.25, -0.2) is 0 Å². The maximum Gasteiger partial charge on any atom is 0.145 e. The van der Waals surface area contributed by atoms with Crippen LogP contribution in [0.5, 0.6) is 0 Å². The van der Waals surface area contributed by atoms with Crippen molar-refractivity contribution in [3.05, 3.63) is 34.9 Å². The molecule has 6 heteroatoms. The highest BCUT2D eigenvalue weighted by Crippen LogP contribution is 2.19. The van der Waals surface area contributed by atoms with E-state index in [1.807, 2.05) is 24.3 Å². The third kappa shape index (κ3) is 4.95. The maximum atomic E-state index is 9.83. The number of benzene rings is 1. The number of likely N-dealkylation sites (N-methyl/N-ethyl adjacent to an activating group) is 1. The first-order valence-electron chi connectivity index (χ1n) is 7.50. The van der Waals surface area contributed by atoms with Gasteiger partial charge in [0.05, 0.1) is 18.4 Å². The zero-order valence-electron chi connectivity index (χ0n) is 13.0. The molecule has 122 valence electrons. The van der Waals surface area contributed by atoms with E-state index in [0.717, 1.165) is 30.8 Å². The first-order valence-corrected chi connectivity index (χ1v) is 7.88. The standard InChI is InChI=1S/C16H23ClN2O3/c1-3-19(9-14(20)11-21-2)10-15-8-16(18-22-15)12-4-6-13(17)7-5-12/h4-7,14-15,20H,3,8-11H2,1-2H3. The van der Waals surface area contributed by atoms with Crippen molar-refractivity contribution in [1.29, 1.82) is 0 Å². The van der Waals surface area contributed by atoms with Crippen LogP contribution in [0.25, 0.3) is 0 Å². The summed E-state index contributed by atoms with van der Waals surface area (Å²) < 4.78 is 4.96. The van der Waals surface area contributed by atoms with E-state index in [4.69, 9.17) is 21.2 Å². The van der Waals surface area contributed by atoms with Gasteiger partial charge in [0.25, 0.3) is 0 Å². The number of aliphatic hydroxyl groups excluding tert-OH is 1. The summed E-state index contributed by atoms with van der Waals surface area (Å²) >= 11 is 5.90. The van der Waals surface area contributed by atoms with Crippen LogP contribution in [-0.2, 0) is 9.57 Å². The molecular formula is C16H23ClN2O3. The summed E-state index contributed by atoms with van der Waals surface area (Å²) in [6, 6.07) is 7.61. The Morgan fingerprint density at radius 3 is 2.82 bits per heavy atom. The number of nitrogens with zero attached hydrogens (tertiary/aromatic N) is 2. The zero-order valence-corrected chi connectivity index (χ0v) is 13.8. The minimum Gasteiger partial charge on any atom is -0.390 e. The van der Waals surface area contributed by atoms with Crippen molar-refractivity contribution in [1.82, 2.24) is 4.90 Å². The molecule has 5 nitrogen and oxygen atoms in total. The highest BCUT2D eigenvalue weighted by atomic mass is 35.5. The summed E-state index contributed by atoms with van der Waals surface area (Å²) in [6.45, 7) is 4.55. The lowest BCUT2D eigenvalue weighted by Gasteiger charge is -2.25. The van der Waals surface area contributed by atoms with Crippen molar-refractivity contribution in [3.63, 3.8) is 0 Å². The Morgan fingerprint density at radius 1 is 1.45 bits per heavy atom. The van der Waals surface area contributed by atoms with Crippen LogP contribution >= 0.6 is 11.6 Å². The van der Waals surface area contributed by atoms with E-state index in [-0.39, 0.29) is 6.10 Å². The Balaban J connectivity index is 1.84. The second-order valence-corrected chi connectivity index (χ2v) is 5.87. The largest absolute Gasteiger partial charge is 0.390 e. The minimum atomic E-state index is -0.483. The van der Waals surface area contributed by atoms with Gasteiger partial charge in [0.1, 0.15) is 6.10 Å². The predicted molar refractivity (Wildman–Crippen MR) is 87.5 cm³/mol. The van der Waals surface area contributed by atoms with Crippen LogP contribution in [-0.4, -0.2) is 61.3 Å². The molecule has 1 aliphatic heterocycles. The van der Waals surface area contributed by atoms with Crippen molar-refractivity contribution in [2.75, 3.05) is 33.4 Å². The normalized spacial score (nSPS) is 19.1. The van der Waals surface area contributed by atoms with Crippen LogP contribution in [0.2, 0.25) is 5.02 Å². The number of rotatable bonds is 8. The monoisotopic (exact) mass is 326 g/mol. The summed E-state index contributed by atoms with van der Waals surface area (Å²) in [6.07, 6.45) is 0.293. The minimum absolute atomic E-state index is 0.0142. The summed E-state index contributed by atoms with van der Waals surface area (Å²) in [4.78, 5) is 7.67. The number of methoxy groups -OCH3 is 1. The van der Waals surface area contributed by atoms with Gasteiger partial charge in [-0.15, -0.1) is 0 Å². The smallest absolute Gasteiger partial charge is 0.145 e. The second-order valence-electron chi connectivity index (χ2n) is 5.44. The molecular weight excluding hydrogens is 304 g/mol. The van der Waals surface area contributed by atoms with Gasteiger partial charge in [0.15, 0.2) is 0 Å². The Kier molecular flexibility index (Phi) is 6.64. The SMILES string of the molecule is CCN(CC(O)COC)CC1CC(c2ccc(Cl)cc2)=NO1. The first kappa shape index (κ1) is 17.2. The van der Waals surface area contributed by atoms with Crippen molar-refractivity contribution in [3.8, 4) is 0 Å². The molecule has 1 N–H and O–H groups in total. The number of hydrogen-bond donors (Lipinski definition) is 1. The van der Waals surface area contributed by atoms with E-state index in [2.05, 4.69) is 17.0 Å². The highest BCUT2D eigenvalue weighted by Gasteiger charge is 2.24. The van der Waals surface area contributed by atoms with Gasteiger partial charge in [-0.2, -0.15) is 0 Å². The summed E-state index contributed by atoms with van der Waals surface area (Å²) in [5, 5.41) is 14.7. The Hall–Kier alpha value is -1.14. The molecule has 1 aliphatic rings.